The van der Waals surface area contributed by atoms with Crippen molar-refractivity contribution in [3.8, 4) is 0 Å². The number of carbonyl (C=O) groups is 3. The second-order valence-electron chi connectivity index (χ2n) is 24.5. The number of esters is 2. The minimum absolute atomic E-state index is 0.182. The van der Waals surface area contributed by atoms with E-state index in [1.165, 1.54) is 205 Å². The van der Waals surface area contributed by atoms with Crippen molar-refractivity contribution in [3.05, 3.63) is 85.1 Å². The molecule has 9 heteroatoms. The largest absolute Gasteiger partial charge is 0.477 e. The third-order valence-corrected chi connectivity index (χ3v) is 15.1. The van der Waals surface area contributed by atoms with Gasteiger partial charge in [0.25, 0.3) is 6.29 Å². The minimum Gasteiger partial charge on any atom is -0.477 e. The second-order valence-corrected chi connectivity index (χ2v) is 24.5. The normalized spacial score (nSPS) is 13.2. The summed E-state index contributed by atoms with van der Waals surface area (Å²) in [5, 5.41) is 9.75. The summed E-state index contributed by atoms with van der Waals surface area (Å²) < 4.78 is 23.0. The van der Waals surface area contributed by atoms with E-state index in [9.17, 15) is 19.5 Å². The van der Waals surface area contributed by atoms with Crippen LogP contribution in [0.1, 0.15) is 309 Å². The van der Waals surface area contributed by atoms with Gasteiger partial charge in [0.05, 0.1) is 34.4 Å². The number of hydrogen-bond donors (Lipinski definition) is 1. The zero-order valence-corrected chi connectivity index (χ0v) is 54.8. The SMILES string of the molecule is CC/C=C\C/C=C\C/C=C\C/C=C\C/C=C\C/C=C\CCCCCCCCCCCCCCCCC(=O)OC(COC(=O)CCCCCCCCCCCCCCC/C=C\CCCCCCCCCC)COC(OCC[N+](C)(C)C)C(=O)O. The molecule has 0 saturated carbocycles. The molecule has 0 bridgehead atoms. The molecule has 9 nitrogen and oxygen atoms in total. The first-order chi connectivity index (χ1) is 40.6. The summed E-state index contributed by atoms with van der Waals surface area (Å²) in [6.45, 7) is 4.80. The summed E-state index contributed by atoms with van der Waals surface area (Å²) in [4.78, 5) is 37.6. The lowest BCUT2D eigenvalue weighted by atomic mass is 10.0. The lowest BCUT2D eigenvalue weighted by molar-refractivity contribution is -0.870. The number of aliphatic carboxylic acids is 1. The molecule has 0 aromatic heterocycles. The van der Waals surface area contributed by atoms with E-state index in [4.69, 9.17) is 18.9 Å². The van der Waals surface area contributed by atoms with Crippen molar-refractivity contribution in [1.29, 1.82) is 0 Å². The van der Waals surface area contributed by atoms with Crippen LogP contribution in [0.4, 0.5) is 0 Å². The van der Waals surface area contributed by atoms with Crippen LogP contribution in [-0.2, 0) is 33.3 Å². The van der Waals surface area contributed by atoms with E-state index in [1.54, 1.807) is 0 Å². The van der Waals surface area contributed by atoms with Gasteiger partial charge in [0.2, 0.25) is 0 Å². The monoisotopic (exact) mass is 1160 g/mol. The molecule has 0 aliphatic rings. The zero-order valence-electron chi connectivity index (χ0n) is 54.8. The highest BCUT2D eigenvalue weighted by Gasteiger charge is 2.25. The summed E-state index contributed by atoms with van der Waals surface area (Å²) in [5.41, 5.74) is 0. The number of ether oxygens (including phenoxy) is 4. The Morgan fingerprint density at radius 3 is 1.04 bits per heavy atom. The van der Waals surface area contributed by atoms with Gasteiger partial charge >= 0.3 is 17.9 Å². The van der Waals surface area contributed by atoms with Gasteiger partial charge in [-0.3, -0.25) is 9.59 Å². The maximum absolute atomic E-state index is 12.9. The number of unbranched alkanes of at least 4 members (excludes halogenated alkanes) is 35. The first-order valence-electron chi connectivity index (χ1n) is 34.8. The molecule has 0 aliphatic heterocycles. The van der Waals surface area contributed by atoms with Gasteiger partial charge in [-0.15, -0.1) is 0 Å². The number of likely N-dealkylation sites (N-methyl/N-ethyl adjacent to an activating group) is 1. The fraction of sp³-hybridized carbons (Fsp3) is 0.770. The van der Waals surface area contributed by atoms with E-state index in [-0.39, 0.29) is 32.2 Å². The predicted octanol–water partition coefficient (Wildman–Crippen LogP) is 21.5. The Kier molecular flexibility index (Phi) is 61.7. The van der Waals surface area contributed by atoms with Crippen molar-refractivity contribution in [3.63, 3.8) is 0 Å². The maximum Gasteiger partial charge on any atom is 0.361 e. The van der Waals surface area contributed by atoms with E-state index in [1.807, 2.05) is 21.1 Å². The Morgan fingerprint density at radius 1 is 0.373 bits per heavy atom. The zero-order chi connectivity index (χ0) is 60.5. The van der Waals surface area contributed by atoms with Crippen LogP contribution in [0.2, 0.25) is 0 Å². The van der Waals surface area contributed by atoms with Crippen molar-refractivity contribution in [2.24, 2.45) is 0 Å². The molecule has 0 saturated heterocycles. The molecular weight excluding hydrogens is 1030 g/mol. The summed E-state index contributed by atoms with van der Waals surface area (Å²) in [7, 11) is 5.98. The van der Waals surface area contributed by atoms with Crippen LogP contribution < -0.4 is 0 Å². The van der Waals surface area contributed by atoms with E-state index >= 15 is 0 Å². The number of hydrogen-bond acceptors (Lipinski definition) is 7. The number of nitrogens with zero attached hydrogens (tertiary/aromatic N) is 1. The predicted molar refractivity (Wildman–Crippen MR) is 355 cm³/mol. The van der Waals surface area contributed by atoms with Crippen LogP contribution in [0.3, 0.4) is 0 Å². The van der Waals surface area contributed by atoms with E-state index in [0.717, 1.165) is 77.0 Å². The maximum atomic E-state index is 12.9. The van der Waals surface area contributed by atoms with Gasteiger partial charge in [0.15, 0.2) is 6.10 Å². The Labute approximate surface area is 512 Å². The van der Waals surface area contributed by atoms with E-state index in [0.29, 0.717) is 17.4 Å². The first kappa shape index (κ1) is 79.5. The molecule has 2 unspecified atom stereocenters. The molecular formula is C74H132NO8+. The Balaban J connectivity index is 4.12. The van der Waals surface area contributed by atoms with Gasteiger partial charge in [-0.1, -0.05) is 292 Å². The second kappa shape index (κ2) is 64.5. The molecule has 0 radical (unpaired) electrons. The average Bonchev–Trinajstić information content (AvgIpc) is 3.46. The van der Waals surface area contributed by atoms with Gasteiger partial charge in [0, 0.05) is 12.8 Å². The molecule has 480 valence electrons. The molecule has 0 spiro atoms. The van der Waals surface area contributed by atoms with Crippen molar-refractivity contribution in [1.82, 2.24) is 0 Å². The van der Waals surface area contributed by atoms with Crippen molar-refractivity contribution >= 4 is 17.9 Å². The Hall–Kier alpha value is -3.53. The lowest BCUT2D eigenvalue weighted by Gasteiger charge is -2.25. The van der Waals surface area contributed by atoms with Crippen LogP contribution in [0.15, 0.2) is 85.1 Å². The molecule has 0 heterocycles. The molecule has 0 fully saturated rings. The van der Waals surface area contributed by atoms with Crippen LogP contribution >= 0.6 is 0 Å². The Morgan fingerprint density at radius 2 is 0.687 bits per heavy atom. The van der Waals surface area contributed by atoms with E-state index in [2.05, 4.69) is 98.9 Å². The fourth-order valence-electron chi connectivity index (χ4n) is 9.84. The number of allylic oxidation sites excluding steroid dienone is 14. The number of quaternary nitrogens is 1. The van der Waals surface area contributed by atoms with Crippen molar-refractivity contribution in [2.75, 3.05) is 47.5 Å². The molecule has 0 aromatic rings. The fourth-order valence-corrected chi connectivity index (χ4v) is 9.84. The number of carboxylic acids is 1. The number of carboxylic acid groups (broad SMARTS) is 1. The quantitative estimate of drug-likeness (QED) is 0.0211. The molecule has 0 rings (SSSR count). The summed E-state index contributed by atoms with van der Waals surface area (Å²) in [5.74, 6) is -1.99. The molecule has 2 atom stereocenters. The van der Waals surface area contributed by atoms with Crippen LogP contribution in [0.5, 0.6) is 0 Å². The Bertz CT molecular complexity index is 1640. The third-order valence-electron chi connectivity index (χ3n) is 15.1. The van der Waals surface area contributed by atoms with Crippen LogP contribution in [0, 0.1) is 0 Å². The molecule has 0 aliphatic carbocycles. The summed E-state index contributed by atoms with van der Waals surface area (Å²) in [6, 6.07) is 0. The van der Waals surface area contributed by atoms with Gasteiger partial charge in [0.1, 0.15) is 13.2 Å². The standard InChI is InChI=1S/C74H131NO8/c1-6-8-10-12-14-16-18-20-22-24-26-28-30-32-33-34-35-36-37-38-39-41-43-45-47-49-51-53-55-57-59-61-63-65-72(77)83-70(69-82-74(73(78)79)80-67-66-75(3,4)5)68-81-71(76)64-62-60-58-56-54-52-50-48-46-44-42-40-31-29-27-25-23-21-19-17-15-13-11-9-7-2/h8,10,14,16,20,22,25-28,32-33,35-36,70,74H,6-7,9,11-13,15,17-19,21,23-24,29-31,34,37-69H2,1-5H3/p+1/b10-8-,16-14-,22-20-,27-25-,28-26-,33-32-,36-35-. The van der Waals surface area contributed by atoms with Gasteiger partial charge in [-0.25, -0.2) is 4.79 Å². The lowest BCUT2D eigenvalue weighted by Crippen LogP contribution is -2.40. The topological polar surface area (TPSA) is 108 Å². The van der Waals surface area contributed by atoms with Gasteiger partial charge in [-0.05, 0) is 89.9 Å². The molecule has 0 amide bonds. The van der Waals surface area contributed by atoms with Gasteiger partial charge < -0.3 is 28.5 Å². The van der Waals surface area contributed by atoms with E-state index < -0.39 is 24.3 Å². The highest BCUT2D eigenvalue weighted by Crippen LogP contribution is 2.17. The summed E-state index contributed by atoms with van der Waals surface area (Å²) in [6.07, 6.45) is 84.0. The van der Waals surface area contributed by atoms with Crippen LogP contribution in [-0.4, -0.2) is 87.4 Å². The highest BCUT2D eigenvalue weighted by atomic mass is 16.7. The number of rotatable bonds is 64. The van der Waals surface area contributed by atoms with Crippen molar-refractivity contribution < 1.29 is 42.9 Å². The smallest absolute Gasteiger partial charge is 0.361 e. The molecule has 83 heavy (non-hydrogen) atoms. The average molecular weight is 1160 g/mol. The van der Waals surface area contributed by atoms with Crippen LogP contribution in [0.25, 0.3) is 0 Å². The molecule has 1 N–H and O–H groups in total. The van der Waals surface area contributed by atoms with Crippen molar-refractivity contribution in [2.45, 2.75) is 322 Å². The summed E-state index contributed by atoms with van der Waals surface area (Å²) >= 11 is 0. The first-order valence-corrected chi connectivity index (χ1v) is 34.8. The molecule has 0 aromatic carbocycles. The number of carbonyl (C=O) groups excluding carboxylic acids is 2. The third kappa shape index (κ3) is 65.9. The minimum atomic E-state index is -1.51. The van der Waals surface area contributed by atoms with Gasteiger partial charge in [-0.2, -0.15) is 0 Å². The highest BCUT2D eigenvalue weighted by molar-refractivity contribution is 5.71.